The Hall–Kier alpha value is -3.30. The number of hydrogen-bond acceptors (Lipinski definition) is 3. The molecule has 0 aliphatic rings. The molecule has 28 heavy (non-hydrogen) atoms. The van der Waals surface area contributed by atoms with Crippen LogP contribution in [-0.4, -0.2) is 9.97 Å². The zero-order valence-electron chi connectivity index (χ0n) is 13.7. The van der Waals surface area contributed by atoms with E-state index in [9.17, 15) is 31.1 Å². The number of rotatable bonds is 3. The average molecular weight is 400 g/mol. The highest BCUT2D eigenvalue weighted by Crippen LogP contribution is 2.37. The Kier molecular flexibility index (Phi) is 4.88. The quantitative estimate of drug-likeness (QED) is 0.612. The molecule has 146 valence electrons. The molecule has 0 fully saturated rings. The van der Waals surface area contributed by atoms with Crippen molar-refractivity contribution in [2.45, 2.75) is 12.4 Å². The van der Waals surface area contributed by atoms with Crippen molar-refractivity contribution in [3.63, 3.8) is 0 Å². The second kappa shape index (κ2) is 7.02. The van der Waals surface area contributed by atoms with Crippen molar-refractivity contribution in [3.05, 3.63) is 75.7 Å². The number of aromatic nitrogens is 2. The van der Waals surface area contributed by atoms with Crippen molar-refractivity contribution in [1.82, 2.24) is 9.97 Å². The van der Waals surface area contributed by atoms with Crippen LogP contribution in [0.2, 0.25) is 0 Å². The molecule has 0 saturated carbocycles. The smallest absolute Gasteiger partial charge is 0.431 e. The molecule has 0 aliphatic heterocycles. The van der Waals surface area contributed by atoms with Gasteiger partial charge in [-0.1, -0.05) is 18.2 Å². The molecule has 0 spiro atoms. The van der Waals surface area contributed by atoms with Crippen LogP contribution in [0, 0.1) is 0 Å². The van der Waals surface area contributed by atoms with Crippen LogP contribution in [0.5, 0.6) is 0 Å². The van der Waals surface area contributed by atoms with E-state index in [2.05, 4.69) is 4.98 Å². The van der Waals surface area contributed by atoms with Crippen LogP contribution >= 0.6 is 0 Å². The van der Waals surface area contributed by atoms with E-state index in [4.69, 9.17) is 4.42 Å². The van der Waals surface area contributed by atoms with Gasteiger partial charge in [0.25, 0.3) is 0 Å². The number of furan rings is 1. The third-order valence-corrected chi connectivity index (χ3v) is 3.61. The van der Waals surface area contributed by atoms with Crippen LogP contribution < -0.4 is 5.69 Å². The number of nitrogens with zero attached hydrogens (tertiary/aromatic N) is 1. The Morgan fingerprint density at radius 1 is 0.929 bits per heavy atom. The number of alkyl halides is 6. The second-order valence-electron chi connectivity index (χ2n) is 5.60. The van der Waals surface area contributed by atoms with Crippen molar-refractivity contribution in [1.29, 1.82) is 0 Å². The summed E-state index contributed by atoms with van der Waals surface area (Å²) in [4.78, 5) is 16.2. The summed E-state index contributed by atoms with van der Waals surface area (Å²) < 4.78 is 82.7. The first-order valence-corrected chi connectivity index (χ1v) is 7.67. The molecule has 0 saturated heterocycles. The van der Waals surface area contributed by atoms with Crippen molar-refractivity contribution in [2.75, 3.05) is 0 Å². The number of hydrogen-bond donors (Lipinski definition) is 1. The van der Waals surface area contributed by atoms with E-state index in [-0.39, 0.29) is 22.8 Å². The zero-order valence-corrected chi connectivity index (χ0v) is 13.7. The fourth-order valence-electron chi connectivity index (χ4n) is 2.41. The van der Waals surface area contributed by atoms with E-state index in [0.717, 1.165) is 12.1 Å². The summed E-state index contributed by atoms with van der Waals surface area (Å²) in [6.45, 7) is 0. The largest absolute Gasteiger partial charge is 0.457 e. The lowest BCUT2D eigenvalue weighted by Gasteiger charge is -2.10. The number of halogens is 6. The SMILES string of the molecule is O=c1nc(/C=C/c2ccc(-c3ccccc3C(F)(F)F)o2)cc(C(F)(F)F)[nH]1. The highest BCUT2D eigenvalue weighted by atomic mass is 19.4. The van der Waals surface area contributed by atoms with Gasteiger partial charge in [-0.2, -0.15) is 31.3 Å². The summed E-state index contributed by atoms with van der Waals surface area (Å²) in [5.74, 6) is 0.00467. The summed E-state index contributed by atoms with van der Waals surface area (Å²) in [6, 6.07) is 8.08. The van der Waals surface area contributed by atoms with E-state index in [0.29, 0.717) is 6.07 Å². The highest BCUT2D eigenvalue weighted by Gasteiger charge is 2.34. The molecule has 0 amide bonds. The lowest BCUT2D eigenvalue weighted by atomic mass is 10.1. The third kappa shape index (κ3) is 4.33. The maximum absolute atomic E-state index is 13.1. The molecule has 1 aromatic carbocycles. The van der Waals surface area contributed by atoms with E-state index in [1.54, 1.807) is 4.98 Å². The Bertz CT molecular complexity index is 1080. The van der Waals surface area contributed by atoms with Crippen molar-refractivity contribution in [2.24, 2.45) is 0 Å². The van der Waals surface area contributed by atoms with Crippen molar-refractivity contribution in [3.8, 4) is 11.3 Å². The summed E-state index contributed by atoms with van der Waals surface area (Å²) >= 11 is 0. The van der Waals surface area contributed by atoms with Gasteiger partial charge in [-0.25, -0.2) is 4.79 Å². The van der Waals surface area contributed by atoms with Crippen LogP contribution in [0.25, 0.3) is 23.5 Å². The topological polar surface area (TPSA) is 58.9 Å². The second-order valence-corrected chi connectivity index (χ2v) is 5.60. The van der Waals surface area contributed by atoms with Gasteiger partial charge in [-0.15, -0.1) is 0 Å². The Morgan fingerprint density at radius 3 is 2.32 bits per heavy atom. The third-order valence-electron chi connectivity index (χ3n) is 3.61. The summed E-state index contributed by atoms with van der Waals surface area (Å²) in [6.07, 6.45) is -7.06. The number of nitrogens with one attached hydrogen (secondary N) is 1. The molecule has 0 bridgehead atoms. The predicted molar refractivity (Wildman–Crippen MR) is 87.9 cm³/mol. The van der Waals surface area contributed by atoms with Crippen LogP contribution in [0.3, 0.4) is 0 Å². The standard InChI is InChI=1S/C18H10F6N2O2/c19-17(20,21)13-4-2-1-3-12(13)14-8-7-11(28-14)6-5-10-9-15(18(22,23)24)26-16(27)25-10/h1-9H,(H,25,26,27)/b6-5+. The first-order chi connectivity index (χ1) is 13.0. The number of aromatic amines is 1. The summed E-state index contributed by atoms with van der Waals surface area (Å²) in [5, 5.41) is 0. The van der Waals surface area contributed by atoms with Crippen molar-refractivity contribution >= 4 is 12.2 Å². The van der Waals surface area contributed by atoms with Gasteiger partial charge in [0, 0.05) is 5.56 Å². The lowest BCUT2D eigenvalue weighted by molar-refractivity contribution is -0.141. The van der Waals surface area contributed by atoms with Gasteiger partial charge in [0.1, 0.15) is 17.2 Å². The normalized spacial score (nSPS) is 12.6. The van der Waals surface area contributed by atoms with Crippen LogP contribution in [0.1, 0.15) is 22.7 Å². The van der Waals surface area contributed by atoms with E-state index < -0.39 is 29.3 Å². The first kappa shape index (κ1) is 19.5. The Labute approximate surface area is 153 Å². The van der Waals surface area contributed by atoms with Crippen molar-refractivity contribution < 1.29 is 30.8 Å². The molecule has 0 aliphatic carbocycles. The minimum atomic E-state index is -4.76. The molecule has 2 aromatic heterocycles. The van der Waals surface area contributed by atoms with E-state index in [1.807, 2.05) is 0 Å². The molecule has 0 unspecified atom stereocenters. The Balaban J connectivity index is 1.91. The maximum atomic E-state index is 13.1. The average Bonchev–Trinajstić information content (AvgIpc) is 3.07. The fourth-order valence-corrected chi connectivity index (χ4v) is 2.41. The van der Waals surface area contributed by atoms with E-state index in [1.165, 1.54) is 36.4 Å². The van der Waals surface area contributed by atoms with Crippen LogP contribution in [-0.2, 0) is 12.4 Å². The number of H-pyrrole nitrogens is 1. The lowest BCUT2D eigenvalue weighted by Crippen LogP contribution is -2.19. The van der Waals surface area contributed by atoms with Gasteiger partial charge < -0.3 is 9.40 Å². The molecule has 3 aromatic rings. The van der Waals surface area contributed by atoms with Gasteiger partial charge in [0.05, 0.1) is 11.3 Å². The monoisotopic (exact) mass is 400 g/mol. The van der Waals surface area contributed by atoms with Gasteiger partial charge in [-0.05, 0) is 36.4 Å². The molecule has 2 heterocycles. The van der Waals surface area contributed by atoms with Gasteiger partial charge in [0.2, 0.25) is 0 Å². The van der Waals surface area contributed by atoms with Crippen LogP contribution in [0.4, 0.5) is 26.3 Å². The molecule has 1 N–H and O–H groups in total. The highest BCUT2D eigenvalue weighted by molar-refractivity contribution is 5.69. The molecule has 4 nitrogen and oxygen atoms in total. The molecule has 0 atom stereocenters. The van der Waals surface area contributed by atoms with Crippen LogP contribution in [0.15, 0.2) is 51.7 Å². The molecule has 10 heteroatoms. The predicted octanol–water partition coefficient (Wildman–Crippen LogP) is 5.24. The molecule has 3 rings (SSSR count). The fraction of sp³-hybridized carbons (Fsp3) is 0.111. The Morgan fingerprint density at radius 2 is 1.64 bits per heavy atom. The summed E-state index contributed by atoms with van der Waals surface area (Å²) in [7, 11) is 0. The minimum absolute atomic E-state index is 0.0672. The molecule has 0 radical (unpaired) electrons. The summed E-state index contributed by atoms with van der Waals surface area (Å²) in [5.41, 5.74) is -3.81. The van der Waals surface area contributed by atoms with Gasteiger partial charge in [-0.3, -0.25) is 0 Å². The number of benzene rings is 1. The van der Waals surface area contributed by atoms with Gasteiger partial charge >= 0.3 is 18.0 Å². The molecular formula is C18H10F6N2O2. The van der Waals surface area contributed by atoms with Gasteiger partial charge in [0.15, 0.2) is 0 Å². The molecular weight excluding hydrogens is 390 g/mol. The minimum Gasteiger partial charge on any atom is -0.457 e. The van der Waals surface area contributed by atoms with E-state index >= 15 is 0 Å². The maximum Gasteiger partial charge on any atom is 0.431 e. The zero-order chi connectivity index (χ0) is 20.5. The first-order valence-electron chi connectivity index (χ1n) is 7.67.